The van der Waals surface area contributed by atoms with E-state index in [1.165, 1.54) is 5.75 Å². The van der Waals surface area contributed by atoms with Gasteiger partial charge in [-0.3, -0.25) is 4.79 Å². The van der Waals surface area contributed by atoms with Crippen molar-refractivity contribution in [3.8, 4) is 0 Å². The second-order valence-corrected chi connectivity index (χ2v) is 4.75. The number of rotatable bonds is 5. The highest BCUT2D eigenvalue weighted by Gasteiger charge is 2.16. The van der Waals surface area contributed by atoms with Crippen LogP contribution in [0.15, 0.2) is 0 Å². The van der Waals surface area contributed by atoms with Gasteiger partial charge in [-0.2, -0.15) is 11.8 Å². The van der Waals surface area contributed by atoms with Crippen LogP contribution in [0.3, 0.4) is 0 Å². The van der Waals surface area contributed by atoms with Gasteiger partial charge in [0.2, 0.25) is 0 Å². The van der Waals surface area contributed by atoms with E-state index in [0.717, 1.165) is 12.2 Å². The van der Waals surface area contributed by atoms with Crippen LogP contribution >= 0.6 is 11.8 Å². The Balaban J connectivity index is 2.04. The van der Waals surface area contributed by atoms with Gasteiger partial charge in [-0.25, -0.2) is 4.79 Å². The minimum atomic E-state index is -0.408. The first-order valence-electron chi connectivity index (χ1n) is 5.47. The molecule has 6 heteroatoms. The van der Waals surface area contributed by atoms with Crippen LogP contribution < -0.4 is 10.6 Å². The number of hydrogen-bond donors (Lipinski definition) is 2. The summed E-state index contributed by atoms with van der Waals surface area (Å²) < 4.78 is 4.69. The van der Waals surface area contributed by atoms with Gasteiger partial charge >= 0.3 is 12.0 Å². The summed E-state index contributed by atoms with van der Waals surface area (Å²) in [6.45, 7) is 2.68. The van der Waals surface area contributed by atoms with E-state index in [9.17, 15) is 9.59 Å². The molecule has 1 aliphatic heterocycles. The average Bonchev–Trinajstić information content (AvgIpc) is 2.77. The fraction of sp³-hybridized carbons (Fsp3) is 0.800. The smallest absolute Gasteiger partial charge is 0.325 e. The van der Waals surface area contributed by atoms with Crippen molar-refractivity contribution >= 4 is 23.8 Å². The summed E-state index contributed by atoms with van der Waals surface area (Å²) >= 11 is 1.91. The van der Waals surface area contributed by atoms with E-state index in [0.29, 0.717) is 19.1 Å². The Morgan fingerprint density at radius 3 is 2.88 bits per heavy atom. The van der Waals surface area contributed by atoms with Gasteiger partial charge in [-0.1, -0.05) is 0 Å². The number of ether oxygens (including phenoxy) is 1. The van der Waals surface area contributed by atoms with Crippen LogP contribution in [0.25, 0.3) is 0 Å². The minimum absolute atomic E-state index is 0.0703. The Labute approximate surface area is 99.7 Å². The molecule has 92 valence electrons. The van der Waals surface area contributed by atoms with E-state index in [2.05, 4.69) is 15.4 Å². The van der Waals surface area contributed by atoms with Crippen LogP contribution in [-0.4, -0.2) is 43.2 Å². The second-order valence-electron chi connectivity index (χ2n) is 3.60. The molecule has 1 aliphatic rings. The number of nitrogens with one attached hydrogen (secondary N) is 2. The molecular formula is C10H18N2O3S. The quantitative estimate of drug-likeness (QED) is 0.697. The van der Waals surface area contributed by atoms with Crippen molar-refractivity contribution in [1.29, 1.82) is 0 Å². The summed E-state index contributed by atoms with van der Waals surface area (Å²) in [5, 5.41) is 5.21. The zero-order valence-corrected chi connectivity index (χ0v) is 10.3. The molecule has 5 nitrogen and oxygen atoms in total. The standard InChI is InChI=1S/C10H18N2O3S/c1-2-15-9(13)6-12-10(14)11-5-8-3-4-16-7-8/h8H,2-7H2,1H3,(H2,11,12,14). The number of carbonyl (C=O) groups is 2. The predicted octanol–water partition coefficient (Wildman–Crippen LogP) is 0.602. The fourth-order valence-electron chi connectivity index (χ4n) is 1.41. The fourth-order valence-corrected chi connectivity index (χ4v) is 2.69. The maximum atomic E-state index is 11.3. The third-order valence-corrected chi connectivity index (χ3v) is 3.51. The molecule has 1 fully saturated rings. The highest BCUT2D eigenvalue weighted by molar-refractivity contribution is 7.99. The lowest BCUT2D eigenvalue weighted by Crippen LogP contribution is -2.41. The van der Waals surface area contributed by atoms with Gasteiger partial charge in [-0.15, -0.1) is 0 Å². The molecule has 0 aliphatic carbocycles. The lowest BCUT2D eigenvalue weighted by Gasteiger charge is -2.10. The third kappa shape index (κ3) is 5.25. The van der Waals surface area contributed by atoms with Crippen molar-refractivity contribution in [2.45, 2.75) is 13.3 Å². The van der Waals surface area contributed by atoms with Crippen LogP contribution in [0.2, 0.25) is 0 Å². The van der Waals surface area contributed by atoms with Crippen molar-refractivity contribution < 1.29 is 14.3 Å². The third-order valence-electron chi connectivity index (χ3n) is 2.27. The molecule has 1 unspecified atom stereocenters. The molecule has 2 N–H and O–H groups in total. The number of urea groups is 1. The summed E-state index contributed by atoms with van der Waals surface area (Å²) in [5.74, 6) is 2.45. The lowest BCUT2D eigenvalue weighted by molar-refractivity contribution is -0.141. The lowest BCUT2D eigenvalue weighted by atomic mass is 10.1. The second kappa shape index (κ2) is 7.38. The minimum Gasteiger partial charge on any atom is -0.465 e. The first kappa shape index (κ1) is 13.2. The molecule has 1 atom stereocenters. The van der Waals surface area contributed by atoms with Crippen LogP contribution in [0, 0.1) is 5.92 Å². The molecule has 1 heterocycles. The zero-order chi connectivity index (χ0) is 11.8. The Kier molecular flexibility index (Phi) is 6.07. The van der Waals surface area contributed by atoms with E-state index < -0.39 is 5.97 Å². The van der Waals surface area contributed by atoms with Gasteiger partial charge in [0.25, 0.3) is 0 Å². The zero-order valence-electron chi connectivity index (χ0n) is 9.45. The van der Waals surface area contributed by atoms with Crippen molar-refractivity contribution in [3.05, 3.63) is 0 Å². The summed E-state index contributed by atoms with van der Waals surface area (Å²) in [5.41, 5.74) is 0. The highest BCUT2D eigenvalue weighted by atomic mass is 32.2. The molecule has 1 saturated heterocycles. The molecule has 0 spiro atoms. The van der Waals surface area contributed by atoms with Crippen LogP contribution in [-0.2, 0) is 9.53 Å². The average molecular weight is 246 g/mol. The Morgan fingerprint density at radius 2 is 2.25 bits per heavy atom. The molecule has 16 heavy (non-hydrogen) atoms. The number of hydrogen-bond acceptors (Lipinski definition) is 4. The van der Waals surface area contributed by atoms with Gasteiger partial charge in [-0.05, 0) is 30.8 Å². The highest BCUT2D eigenvalue weighted by Crippen LogP contribution is 2.22. The molecule has 0 saturated carbocycles. The summed E-state index contributed by atoms with van der Waals surface area (Å²) in [7, 11) is 0. The van der Waals surface area contributed by atoms with Crippen molar-refractivity contribution in [3.63, 3.8) is 0 Å². The number of carbonyl (C=O) groups excluding carboxylic acids is 2. The molecule has 0 aromatic carbocycles. The van der Waals surface area contributed by atoms with E-state index in [-0.39, 0.29) is 12.6 Å². The molecular weight excluding hydrogens is 228 g/mol. The largest absolute Gasteiger partial charge is 0.465 e. The summed E-state index contributed by atoms with van der Waals surface area (Å²) in [6, 6.07) is -0.301. The van der Waals surface area contributed by atoms with Crippen LogP contribution in [0.5, 0.6) is 0 Å². The van der Waals surface area contributed by atoms with Gasteiger partial charge in [0.1, 0.15) is 6.54 Å². The molecule has 1 rings (SSSR count). The Hall–Kier alpha value is -0.910. The molecule has 0 bridgehead atoms. The van der Waals surface area contributed by atoms with E-state index in [4.69, 9.17) is 0 Å². The van der Waals surface area contributed by atoms with Gasteiger partial charge < -0.3 is 15.4 Å². The van der Waals surface area contributed by atoms with Crippen molar-refractivity contribution in [2.75, 3.05) is 31.2 Å². The predicted molar refractivity (Wildman–Crippen MR) is 63.5 cm³/mol. The monoisotopic (exact) mass is 246 g/mol. The van der Waals surface area contributed by atoms with Gasteiger partial charge in [0.05, 0.1) is 6.61 Å². The number of esters is 1. The Bertz CT molecular complexity index is 242. The number of amides is 2. The van der Waals surface area contributed by atoms with Crippen molar-refractivity contribution in [1.82, 2.24) is 10.6 Å². The van der Waals surface area contributed by atoms with E-state index in [1.807, 2.05) is 11.8 Å². The van der Waals surface area contributed by atoms with Gasteiger partial charge in [0, 0.05) is 6.54 Å². The topological polar surface area (TPSA) is 67.4 Å². The molecule has 0 aromatic rings. The first-order chi connectivity index (χ1) is 7.72. The van der Waals surface area contributed by atoms with Gasteiger partial charge in [0.15, 0.2) is 0 Å². The SMILES string of the molecule is CCOC(=O)CNC(=O)NCC1CCSC1. The number of thioether (sulfide) groups is 1. The Morgan fingerprint density at radius 1 is 1.44 bits per heavy atom. The van der Waals surface area contributed by atoms with E-state index >= 15 is 0 Å². The van der Waals surface area contributed by atoms with E-state index in [1.54, 1.807) is 6.92 Å². The first-order valence-corrected chi connectivity index (χ1v) is 6.63. The maximum Gasteiger partial charge on any atom is 0.325 e. The molecule has 2 amide bonds. The molecule has 0 aromatic heterocycles. The summed E-state index contributed by atoms with van der Waals surface area (Å²) in [4.78, 5) is 22.2. The van der Waals surface area contributed by atoms with Crippen LogP contribution in [0.1, 0.15) is 13.3 Å². The van der Waals surface area contributed by atoms with Crippen molar-refractivity contribution in [2.24, 2.45) is 5.92 Å². The van der Waals surface area contributed by atoms with Crippen LogP contribution in [0.4, 0.5) is 4.79 Å². The maximum absolute atomic E-state index is 11.3. The summed E-state index contributed by atoms with van der Waals surface area (Å²) in [6.07, 6.45) is 1.16. The normalized spacial score (nSPS) is 19.2. The molecule has 0 radical (unpaired) electrons.